The van der Waals surface area contributed by atoms with Crippen LogP contribution in [0.5, 0.6) is 5.75 Å². The molecule has 1 fully saturated rings. The Bertz CT molecular complexity index is 757. The molecule has 1 saturated heterocycles. The number of anilines is 1. The Morgan fingerprint density at radius 1 is 1.07 bits per heavy atom. The fourth-order valence-electron chi connectivity index (χ4n) is 3.39. The molecule has 162 valence electrons. The number of guanidine groups is 1. The molecule has 2 heterocycles. The number of aliphatic imine (C=N–C) groups is 1. The number of hydrogen-bond acceptors (Lipinski definition) is 5. The van der Waals surface area contributed by atoms with Crippen LogP contribution in [0.4, 0.5) is 5.82 Å². The number of aromatic nitrogens is 1. The molecule has 1 aliphatic rings. The molecule has 1 aromatic heterocycles. The largest absolute Gasteiger partial charge is 0.494 e. The van der Waals surface area contributed by atoms with Crippen molar-refractivity contribution in [3.05, 3.63) is 54.2 Å². The van der Waals surface area contributed by atoms with E-state index in [-0.39, 0.29) is 0 Å². The maximum absolute atomic E-state index is 5.71. The van der Waals surface area contributed by atoms with Gasteiger partial charge in [0.25, 0.3) is 0 Å². The van der Waals surface area contributed by atoms with Crippen molar-refractivity contribution in [3.8, 4) is 5.75 Å². The van der Waals surface area contributed by atoms with E-state index < -0.39 is 0 Å². The Labute approximate surface area is 180 Å². The zero-order chi connectivity index (χ0) is 21.0. The van der Waals surface area contributed by atoms with Gasteiger partial charge in [-0.15, -0.1) is 0 Å². The van der Waals surface area contributed by atoms with Gasteiger partial charge in [0, 0.05) is 52.5 Å². The lowest BCUT2D eigenvalue weighted by Crippen LogP contribution is -2.46. The van der Waals surface area contributed by atoms with Gasteiger partial charge in [0.1, 0.15) is 11.6 Å². The molecule has 7 heteroatoms. The average Bonchev–Trinajstić information content (AvgIpc) is 2.82. The third-order valence-corrected chi connectivity index (χ3v) is 5.26. The van der Waals surface area contributed by atoms with Gasteiger partial charge in [-0.25, -0.2) is 4.98 Å². The predicted molar refractivity (Wildman–Crippen MR) is 123 cm³/mol. The molecule has 0 amide bonds. The van der Waals surface area contributed by atoms with Crippen molar-refractivity contribution in [1.82, 2.24) is 20.5 Å². The van der Waals surface area contributed by atoms with Gasteiger partial charge in [-0.1, -0.05) is 31.2 Å². The summed E-state index contributed by atoms with van der Waals surface area (Å²) in [4.78, 5) is 13.8. The van der Waals surface area contributed by atoms with Crippen LogP contribution in [0.2, 0.25) is 0 Å². The molecular formula is C23H34N6O. The normalized spacial score (nSPS) is 15.1. The minimum absolute atomic E-state index is 0.673. The van der Waals surface area contributed by atoms with Gasteiger partial charge >= 0.3 is 0 Å². The molecule has 3 rings (SSSR count). The molecule has 7 nitrogen and oxygen atoms in total. The van der Waals surface area contributed by atoms with Crippen molar-refractivity contribution in [2.75, 3.05) is 57.8 Å². The SMILES string of the molecule is CCN1CCN(c2ccc(CNC(=NC)NCCCOc3ccccc3)cn2)CC1. The molecule has 0 atom stereocenters. The van der Waals surface area contributed by atoms with Crippen molar-refractivity contribution < 1.29 is 4.74 Å². The summed E-state index contributed by atoms with van der Waals surface area (Å²) in [6.45, 7) is 9.82. The Morgan fingerprint density at radius 3 is 2.53 bits per heavy atom. The maximum Gasteiger partial charge on any atom is 0.191 e. The lowest BCUT2D eigenvalue weighted by molar-refractivity contribution is 0.270. The molecule has 2 aromatic rings. The molecule has 2 N–H and O–H groups in total. The van der Waals surface area contributed by atoms with E-state index in [4.69, 9.17) is 4.74 Å². The standard InChI is InChI=1S/C23H34N6O/c1-3-28-13-15-29(16-14-28)22-11-10-20(18-26-22)19-27-23(24-2)25-12-7-17-30-21-8-5-4-6-9-21/h4-6,8-11,18H,3,7,12-17,19H2,1-2H3,(H2,24,25,27). The average molecular weight is 411 g/mol. The van der Waals surface area contributed by atoms with Gasteiger partial charge < -0.3 is 25.2 Å². The highest BCUT2D eigenvalue weighted by Gasteiger charge is 2.16. The summed E-state index contributed by atoms with van der Waals surface area (Å²) in [5, 5.41) is 6.67. The Hall–Kier alpha value is -2.80. The Kier molecular flexibility index (Phi) is 8.78. The summed E-state index contributed by atoms with van der Waals surface area (Å²) in [6, 6.07) is 14.1. The van der Waals surface area contributed by atoms with Crippen molar-refractivity contribution in [1.29, 1.82) is 0 Å². The number of nitrogens with one attached hydrogen (secondary N) is 2. The van der Waals surface area contributed by atoms with Crippen molar-refractivity contribution in [2.24, 2.45) is 4.99 Å². The minimum Gasteiger partial charge on any atom is -0.494 e. The smallest absolute Gasteiger partial charge is 0.191 e. The van der Waals surface area contributed by atoms with E-state index in [0.29, 0.717) is 13.2 Å². The van der Waals surface area contributed by atoms with Gasteiger partial charge in [0.2, 0.25) is 0 Å². The predicted octanol–water partition coefficient (Wildman–Crippen LogP) is 2.36. The molecular weight excluding hydrogens is 376 g/mol. The van der Waals surface area contributed by atoms with Crippen molar-refractivity contribution >= 4 is 11.8 Å². The molecule has 0 bridgehead atoms. The zero-order valence-corrected chi connectivity index (χ0v) is 18.2. The van der Waals surface area contributed by atoms with Gasteiger partial charge in [-0.3, -0.25) is 4.99 Å². The number of ether oxygens (including phenoxy) is 1. The van der Waals surface area contributed by atoms with Gasteiger partial charge in [-0.2, -0.15) is 0 Å². The van der Waals surface area contributed by atoms with Gasteiger partial charge in [0.05, 0.1) is 6.61 Å². The van der Waals surface area contributed by atoms with Crippen LogP contribution in [0, 0.1) is 0 Å². The van der Waals surface area contributed by atoms with E-state index in [1.165, 1.54) is 0 Å². The van der Waals surface area contributed by atoms with E-state index in [9.17, 15) is 0 Å². The summed E-state index contributed by atoms with van der Waals surface area (Å²) >= 11 is 0. The van der Waals surface area contributed by atoms with Crippen LogP contribution >= 0.6 is 0 Å². The number of benzene rings is 1. The van der Waals surface area contributed by atoms with Crippen LogP contribution < -0.4 is 20.3 Å². The van der Waals surface area contributed by atoms with Crippen LogP contribution in [-0.4, -0.2) is 68.8 Å². The highest BCUT2D eigenvalue weighted by molar-refractivity contribution is 5.79. The van der Waals surface area contributed by atoms with Crippen LogP contribution in [0.3, 0.4) is 0 Å². The van der Waals surface area contributed by atoms with Crippen LogP contribution in [0.25, 0.3) is 0 Å². The highest BCUT2D eigenvalue weighted by Crippen LogP contribution is 2.14. The number of pyridine rings is 1. The summed E-state index contributed by atoms with van der Waals surface area (Å²) in [5.41, 5.74) is 1.14. The lowest BCUT2D eigenvalue weighted by atomic mass is 10.2. The van der Waals surface area contributed by atoms with Crippen molar-refractivity contribution in [3.63, 3.8) is 0 Å². The number of hydrogen-bond donors (Lipinski definition) is 2. The molecule has 30 heavy (non-hydrogen) atoms. The second kappa shape index (κ2) is 12.0. The van der Waals surface area contributed by atoms with E-state index >= 15 is 0 Å². The number of piperazine rings is 1. The molecule has 0 aliphatic carbocycles. The van der Waals surface area contributed by atoms with E-state index in [0.717, 1.165) is 68.8 Å². The Morgan fingerprint density at radius 2 is 1.87 bits per heavy atom. The summed E-state index contributed by atoms with van der Waals surface area (Å²) in [5.74, 6) is 2.76. The molecule has 0 saturated carbocycles. The molecule has 0 unspecified atom stereocenters. The van der Waals surface area contributed by atoms with E-state index in [1.807, 2.05) is 36.5 Å². The molecule has 1 aromatic carbocycles. The van der Waals surface area contributed by atoms with Crippen LogP contribution in [-0.2, 0) is 6.54 Å². The highest BCUT2D eigenvalue weighted by atomic mass is 16.5. The number of nitrogens with zero attached hydrogens (tertiary/aromatic N) is 4. The fourth-order valence-corrected chi connectivity index (χ4v) is 3.39. The van der Waals surface area contributed by atoms with E-state index in [1.54, 1.807) is 7.05 Å². The first-order chi connectivity index (χ1) is 14.8. The van der Waals surface area contributed by atoms with Crippen LogP contribution in [0.15, 0.2) is 53.7 Å². The third-order valence-electron chi connectivity index (χ3n) is 5.26. The zero-order valence-electron chi connectivity index (χ0n) is 18.2. The third kappa shape index (κ3) is 6.91. The topological polar surface area (TPSA) is 65.0 Å². The van der Waals surface area contributed by atoms with Gasteiger partial charge in [-0.05, 0) is 36.7 Å². The fraction of sp³-hybridized carbons (Fsp3) is 0.478. The number of likely N-dealkylation sites (N-methyl/N-ethyl adjacent to an activating group) is 1. The summed E-state index contributed by atoms with van der Waals surface area (Å²) in [7, 11) is 1.78. The van der Waals surface area contributed by atoms with Crippen LogP contribution in [0.1, 0.15) is 18.9 Å². The first-order valence-electron chi connectivity index (χ1n) is 10.8. The molecule has 0 radical (unpaired) electrons. The summed E-state index contributed by atoms with van der Waals surface area (Å²) in [6.07, 6.45) is 2.85. The monoisotopic (exact) mass is 410 g/mol. The first-order valence-corrected chi connectivity index (χ1v) is 10.8. The second-order valence-corrected chi connectivity index (χ2v) is 7.31. The molecule has 0 spiro atoms. The second-order valence-electron chi connectivity index (χ2n) is 7.31. The summed E-state index contributed by atoms with van der Waals surface area (Å²) < 4.78 is 5.71. The quantitative estimate of drug-likeness (QED) is 0.376. The number of para-hydroxylation sites is 1. The Balaban J connectivity index is 1.34. The molecule has 1 aliphatic heterocycles. The maximum atomic E-state index is 5.71. The number of rotatable bonds is 9. The van der Waals surface area contributed by atoms with E-state index in [2.05, 4.69) is 49.5 Å². The van der Waals surface area contributed by atoms with Gasteiger partial charge in [0.15, 0.2) is 5.96 Å². The lowest BCUT2D eigenvalue weighted by Gasteiger charge is -2.34. The first kappa shape index (κ1) is 21.9. The minimum atomic E-state index is 0.673. The van der Waals surface area contributed by atoms with Crippen molar-refractivity contribution in [2.45, 2.75) is 19.9 Å².